The number of anilines is 1. The number of nitrogens with one attached hydrogen (secondary N) is 1. The molecule has 0 radical (unpaired) electrons. The van der Waals surface area contributed by atoms with Gasteiger partial charge in [-0.2, -0.15) is 0 Å². The number of aryl methyl sites for hydroxylation is 1. The zero-order valence-corrected chi connectivity index (χ0v) is 12.1. The van der Waals surface area contributed by atoms with Crippen molar-refractivity contribution >= 4 is 5.69 Å². The second-order valence-corrected chi connectivity index (χ2v) is 5.10. The molecule has 0 heterocycles. The van der Waals surface area contributed by atoms with Gasteiger partial charge in [0.05, 0.1) is 0 Å². The van der Waals surface area contributed by atoms with Gasteiger partial charge in [-0.05, 0) is 24.5 Å². The molecule has 0 saturated carbocycles. The molecule has 0 spiro atoms. The van der Waals surface area contributed by atoms with Gasteiger partial charge in [-0.3, -0.25) is 0 Å². The first kappa shape index (κ1) is 15.4. The Kier molecular flexibility index (Phi) is 4.89. The Hall–Kier alpha value is -1.97. The van der Waals surface area contributed by atoms with Crippen LogP contribution in [0.25, 0.3) is 0 Å². The van der Waals surface area contributed by atoms with Gasteiger partial charge in [0.25, 0.3) is 0 Å². The van der Waals surface area contributed by atoms with Gasteiger partial charge in [0.15, 0.2) is 11.6 Å². The lowest BCUT2D eigenvalue weighted by Crippen LogP contribution is -2.10. The first-order valence-corrected chi connectivity index (χ1v) is 7.01. The summed E-state index contributed by atoms with van der Waals surface area (Å²) in [6.07, 6.45) is 2.07. The summed E-state index contributed by atoms with van der Waals surface area (Å²) >= 11 is 0. The monoisotopic (exact) mass is 293 g/mol. The molecule has 1 atom stereocenters. The van der Waals surface area contributed by atoms with Crippen LogP contribution in [-0.2, 0) is 6.42 Å². The third kappa shape index (κ3) is 3.78. The van der Waals surface area contributed by atoms with E-state index in [2.05, 4.69) is 12.2 Å². The Balaban J connectivity index is 2.16. The molecule has 0 amide bonds. The summed E-state index contributed by atoms with van der Waals surface area (Å²) in [6.45, 7) is 3.91. The van der Waals surface area contributed by atoms with Crippen LogP contribution in [0.15, 0.2) is 36.4 Å². The lowest BCUT2D eigenvalue weighted by Gasteiger charge is -2.17. The minimum atomic E-state index is -0.929. The standard InChI is InChI=1S/C17H18F3N/c1-3-4-12-5-7-13(8-6-12)11(2)21-17-15(19)9-14(18)10-16(17)20/h5-11,21H,3-4H2,1-2H3. The van der Waals surface area contributed by atoms with E-state index in [4.69, 9.17) is 0 Å². The van der Waals surface area contributed by atoms with E-state index in [0.29, 0.717) is 12.1 Å². The summed E-state index contributed by atoms with van der Waals surface area (Å²) in [5.74, 6) is -2.78. The third-order valence-electron chi connectivity index (χ3n) is 3.39. The molecule has 0 bridgehead atoms. The van der Waals surface area contributed by atoms with Crippen molar-refractivity contribution in [3.05, 3.63) is 65.0 Å². The van der Waals surface area contributed by atoms with Crippen molar-refractivity contribution in [1.29, 1.82) is 0 Å². The summed E-state index contributed by atoms with van der Waals surface area (Å²) in [6, 6.07) is 8.94. The van der Waals surface area contributed by atoms with E-state index in [0.717, 1.165) is 18.4 Å². The molecule has 1 unspecified atom stereocenters. The first-order valence-electron chi connectivity index (χ1n) is 7.01. The normalized spacial score (nSPS) is 12.2. The van der Waals surface area contributed by atoms with Crippen molar-refractivity contribution in [3.63, 3.8) is 0 Å². The highest BCUT2D eigenvalue weighted by Gasteiger charge is 2.14. The molecule has 0 aliphatic carbocycles. The minimum Gasteiger partial charge on any atom is -0.374 e. The fraction of sp³-hybridized carbons (Fsp3) is 0.294. The van der Waals surface area contributed by atoms with Crippen LogP contribution in [0.3, 0.4) is 0 Å². The Labute approximate surface area is 122 Å². The highest BCUT2D eigenvalue weighted by atomic mass is 19.1. The number of hydrogen-bond acceptors (Lipinski definition) is 1. The Morgan fingerprint density at radius 3 is 2.10 bits per heavy atom. The molecule has 0 fully saturated rings. The van der Waals surface area contributed by atoms with Crippen LogP contribution in [0.2, 0.25) is 0 Å². The second kappa shape index (κ2) is 6.66. The van der Waals surface area contributed by atoms with Crippen LogP contribution in [0.5, 0.6) is 0 Å². The van der Waals surface area contributed by atoms with Crippen LogP contribution in [0.4, 0.5) is 18.9 Å². The average molecular weight is 293 g/mol. The number of benzene rings is 2. The molecule has 21 heavy (non-hydrogen) atoms. The zero-order valence-electron chi connectivity index (χ0n) is 12.1. The average Bonchev–Trinajstić information content (AvgIpc) is 2.43. The van der Waals surface area contributed by atoms with Crippen molar-refractivity contribution in [2.75, 3.05) is 5.32 Å². The van der Waals surface area contributed by atoms with Crippen LogP contribution < -0.4 is 5.32 Å². The summed E-state index contributed by atoms with van der Waals surface area (Å²) in [5, 5.41) is 2.76. The highest BCUT2D eigenvalue weighted by molar-refractivity contribution is 5.48. The fourth-order valence-electron chi connectivity index (χ4n) is 2.24. The molecule has 2 aromatic rings. The van der Waals surface area contributed by atoms with Gasteiger partial charge in [-0.1, -0.05) is 37.6 Å². The van der Waals surface area contributed by atoms with Gasteiger partial charge in [0.1, 0.15) is 11.5 Å². The fourth-order valence-corrected chi connectivity index (χ4v) is 2.24. The molecular weight excluding hydrogens is 275 g/mol. The molecule has 2 aromatic carbocycles. The lowest BCUT2D eigenvalue weighted by molar-refractivity contribution is 0.545. The van der Waals surface area contributed by atoms with Crippen molar-refractivity contribution in [1.82, 2.24) is 0 Å². The van der Waals surface area contributed by atoms with Crippen molar-refractivity contribution in [3.8, 4) is 0 Å². The van der Waals surface area contributed by atoms with Crippen LogP contribution in [0, 0.1) is 17.5 Å². The number of halogens is 3. The molecule has 0 saturated heterocycles. The largest absolute Gasteiger partial charge is 0.374 e. The zero-order chi connectivity index (χ0) is 15.4. The molecule has 1 nitrogen and oxygen atoms in total. The van der Waals surface area contributed by atoms with Gasteiger partial charge in [0.2, 0.25) is 0 Å². The molecule has 0 aliphatic rings. The first-order chi connectivity index (χ1) is 10.0. The van der Waals surface area contributed by atoms with Crippen LogP contribution in [0.1, 0.15) is 37.4 Å². The maximum atomic E-state index is 13.6. The topological polar surface area (TPSA) is 12.0 Å². The van der Waals surface area contributed by atoms with Crippen LogP contribution >= 0.6 is 0 Å². The van der Waals surface area contributed by atoms with E-state index in [9.17, 15) is 13.2 Å². The van der Waals surface area contributed by atoms with Crippen LogP contribution in [-0.4, -0.2) is 0 Å². The molecule has 4 heteroatoms. The van der Waals surface area contributed by atoms with Gasteiger partial charge < -0.3 is 5.32 Å². The van der Waals surface area contributed by atoms with Crippen molar-refractivity contribution < 1.29 is 13.2 Å². The molecule has 0 aliphatic heterocycles. The predicted molar refractivity (Wildman–Crippen MR) is 78.8 cm³/mol. The van der Waals surface area contributed by atoms with E-state index < -0.39 is 17.5 Å². The van der Waals surface area contributed by atoms with Crippen molar-refractivity contribution in [2.24, 2.45) is 0 Å². The Morgan fingerprint density at radius 1 is 1.00 bits per heavy atom. The van der Waals surface area contributed by atoms with Gasteiger partial charge >= 0.3 is 0 Å². The van der Waals surface area contributed by atoms with Gasteiger partial charge in [-0.25, -0.2) is 13.2 Å². The van der Waals surface area contributed by atoms with Gasteiger partial charge in [0, 0.05) is 18.2 Å². The van der Waals surface area contributed by atoms with E-state index in [-0.39, 0.29) is 11.7 Å². The highest BCUT2D eigenvalue weighted by Crippen LogP contribution is 2.25. The van der Waals surface area contributed by atoms with Gasteiger partial charge in [-0.15, -0.1) is 0 Å². The Morgan fingerprint density at radius 2 is 1.57 bits per heavy atom. The second-order valence-electron chi connectivity index (χ2n) is 5.10. The van der Waals surface area contributed by atoms with E-state index >= 15 is 0 Å². The molecule has 0 aromatic heterocycles. The maximum absolute atomic E-state index is 13.6. The Bertz CT molecular complexity index is 585. The third-order valence-corrected chi connectivity index (χ3v) is 3.39. The molecule has 1 N–H and O–H groups in total. The molecule has 2 rings (SSSR count). The summed E-state index contributed by atoms with van der Waals surface area (Å²) in [5.41, 5.74) is 1.84. The molecule has 112 valence electrons. The SMILES string of the molecule is CCCc1ccc(C(C)Nc2c(F)cc(F)cc2F)cc1. The quantitative estimate of drug-likeness (QED) is 0.796. The number of rotatable bonds is 5. The summed E-state index contributed by atoms with van der Waals surface area (Å²) in [7, 11) is 0. The minimum absolute atomic E-state index is 0.282. The van der Waals surface area contributed by atoms with E-state index in [1.807, 2.05) is 24.3 Å². The van der Waals surface area contributed by atoms with E-state index in [1.165, 1.54) is 5.56 Å². The maximum Gasteiger partial charge on any atom is 0.152 e. The predicted octanol–water partition coefficient (Wildman–Crippen LogP) is 5.23. The lowest BCUT2D eigenvalue weighted by atomic mass is 10.0. The number of hydrogen-bond donors (Lipinski definition) is 1. The summed E-state index contributed by atoms with van der Waals surface area (Å²) < 4.78 is 40.1. The van der Waals surface area contributed by atoms with E-state index in [1.54, 1.807) is 6.92 Å². The van der Waals surface area contributed by atoms with Crippen molar-refractivity contribution in [2.45, 2.75) is 32.7 Å². The summed E-state index contributed by atoms with van der Waals surface area (Å²) in [4.78, 5) is 0. The molecular formula is C17H18F3N. The smallest absolute Gasteiger partial charge is 0.152 e.